The third-order valence-corrected chi connectivity index (χ3v) is 5.50. The van der Waals surface area contributed by atoms with Crippen LogP contribution in [0.25, 0.3) is 0 Å². The van der Waals surface area contributed by atoms with Crippen LogP contribution in [0, 0.1) is 0 Å². The van der Waals surface area contributed by atoms with E-state index >= 15 is 0 Å². The average molecular weight is 344 g/mol. The fourth-order valence-electron chi connectivity index (χ4n) is 3.97. The first-order chi connectivity index (χ1) is 12.8. The molecule has 0 fully saturated rings. The lowest BCUT2D eigenvalue weighted by Gasteiger charge is -2.37. The van der Waals surface area contributed by atoms with E-state index in [1.807, 2.05) is 0 Å². The van der Waals surface area contributed by atoms with Gasteiger partial charge in [-0.15, -0.1) is 0 Å². The van der Waals surface area contributed by atoms with Crippen LogP contribution in [0.3, 0.4) is 0 Å². The van der Waals surface area contributed by atoms with E-state index in [0.717, 1.165) is 26.1 Å². The highest BCUT2D eigenvalue weighted by atomic mass is 15.1. The first kappa shape index (κ1) is 18.4. The van der Waals surface area contributed by atoms with Gasteiger partial charge >= 0.3 is 0 Å². The fourth-order valence-corrected chi connectivity index (χ4v) is 3.97. The molecular formula is C25H29N. The maximum Gasteiger partial charge on any atom is 0.0463 e. The Balaban J connectivity index is 2.18. The number of hydrogen-bond donors (Lipinski definition) is 0. The Hall–Kier alpha value is -2.38. The van der Waals surface area contributed by atoms with Gasteiger partial charge in [-0.05, 0) is 42.7 Å². The third kappa shape index (κ3) is 3.73. The topological polar surface area (TPSA) is 3.24 Å². The molecule has 3 aromatic carbocycles. The Labute approximate surface area is 158 Å². The molecule has 0 aromatic heterocycles. The second kappa shape index (κ2) is 8.82. The molecule has 1 nitrogen and oxygen atoms in total. The molecule has 0 unspecified atom stereocenters. The summed E-state index contributed by atoms with van der Waals surface area (Å²) >= 11 is 0. The van der Waals surface area contributed by atoms with Crippen LogP contribution in [0.1, 0.15) is 37.0 Å². The van der Waals surface area contributed by atoms with Crippen LogP contribution >= 0.6 is 0 Å². The van der Waals surface area contributed by atoms with Crippen molar-refractivity contribution in [1.82, 2.24) is 4.90 Å². The maximum atomic E-state index is 2.52. The lowest BCUT2D eigenvalue weighted by Crippen LogP contribution is -2.35. The smallest absolute Gasteiger partial charge is 0.0463 e. The molecular weight excluding hydrogens is 314 g/mol. The van der Waals surface area contributed by atoms with Crippen LogP contribution in [-0.4, -0.2) is 24.5 Å². The van der Waals surface area contributed by atoms with Crippen LogP contribution in [0.4, 0.5) is 0 Å². The molecule has 0 radical (unpaired) electrons. The molecule has 0 aliphatic rings. The van der Waals surface area contributed by atoms with E-state index < -0.39 is 0 Å². The lowest BCUT2D eigenvalue weighted by atomic mass is 9.67. The standard InChI is InChI=1S/C25H29N/c1-3-26(4-2)21-20-25(22-14-8-5-9-15-22,23-16-10-6-11-17-23)24-18-12-7-13-19-24/h5-19H,3-4,20-21H2,1-2H3. The van der Waals surface area contributed by atoms with E-state index in [9.17, 15) is 0 Å². The van der Waals surface area contributed by atoms with Gasteiger partial charge < -0.3 is 4.90 Å². The molecule has 0 N–H and O–H groups in total. The molecule has 0 amide bonds. The summed E-state index contributed by atoms with van der Waals surface area (Å²) in [5.41, 5.74) is 3.96. The monoisotopic (exact) mass is 343 g/mol. The van der Waals surface area contributed by atoms with Gasteiger partial charge in [-0.1, -0.05) is 105 Å². The van der Waals surface area contributed by atoms with Gasteiger partial charge in [0, 0.05) is 5.41 Å². The van der Waals surface area contributed by atoms with Crippen LogP contribution in [0.2, 0.25) is 0 Å². The van der Waals surface area contributed by atoms with E-state index in [4.69, 9.17) is 0 Å². The fraction of sp³-hybridized carbons (Fsp3) is 0.280. The molecule has 3 aromatic rings. The molecule has 0 bridgehead atoms. The molecule has 0 atom stereocenters. The van der Waals surface area contributed by atoms with Crippen LogP contribution in [0.5, 0.6) is 0 Å². The molecule has 0 spiro atoms. The third-order valence-electron chi connectivity index (χ3n) is 5.50. The minimum absolute atomic E-state index is 0.133. The van der Waals surface area contributed by atoms with Crippen LogP contribution in [0.15, 0.2) is 91.0 Å². The van der Waals surface area contributed by atoms with E-state index in [-0.39, 0.29) is 5.41 Å². The number of nitrogens with zero attached hydrogens (tertiary/aromatic N) is 1. The minimum atomic E-state index is -0.133. The second-order valence-corrected chi connectivity index (χ2v) is 6.78. The van der Waals surface area contributed by atoms with Gasteiger partial charge in [0.25, 0.3) is 0 Å². The Morgan fingerprint density at radius 2 is 0.923 bits per heavy atom. The molecule has 3 rings (SSSR count). The van der Waals surface area contributed by atoms with Gasteiger partial charge in [-0.25, -0.2) is 0 Å². The van der Waals surface area contributed by atoms with Gasteiger partial charge in [-0.3, -0.25) is 0 Å². The number of benzene rings is 3. The van der Waals surface area contributed by atoms with Crippen LogP contribution in [-0.2, 0) is 5.41 Å². The largest absolute Gasteiger partial charge is 0.304 e. The lowest BCUT2D eigenvalue weighted by molar-refractivity contribution is 0.281. The van der Waals surface area contributed by atoms with E-state index in [1.54, 1.807) is 0 Å². The summed E-state index contributed by atoms with van der Waals surface area (Å²) in [7, 11) is 0. The molecule has 1 heteroatoms. The summed E-state index contributed by atoms with van der Waals surface area (Å²) in [6.45, 7) is 7.75. The molecule has 0 saturated heterocycles. The van der Waals surface area contributed by atoms with Crippen molar-refractivity contribution in [2.75, 3.05) is 19.6 Å². The van der Waals surface area contributed by atoms with E-state index in [1.165, 1.54) is 16.7 Å². The zero-order valence-corrected chi connectivity index (χ0v) is 15.9. The molecule has 0 saturated carbocycles. The quantitative estimate of drug-likeness (QED) is 0.471. The van der Waals surface area contributed by atoms with E-state index in [0.29, 0.717) is 0 Å². The van der Waals surface area contributed by atoms with Crippen molar-refractivity contribution in [1.29, 1.82) is 0 Å². The van der Waals surface area contributed by atoms with Gasteiger partial charge in [0.2, 0.25) is 0 Å². The van der Waals surface area contributed by atoms with Crippen molar-refractivity contribution < 1.29 is 0 Å². The van der Waals surface area contributed by atoms with Gasteiger partial charge in [-0.2, -0.15) is 0 Å². The van der Waals surface area contributed by atoms with Crippen molar-refractivity contribution in [2.24, 2.45) is 0 Å². The summed E-state index contributed by atoms with van der Waals surface area (Å²) < 4.78 is 0. The van der Waals surface area contributed by atoms with Gasteiger partial charge in [0.15, 0.2) is 0 Å². The highest BCUT2D eigenvalue weighted by molar-refractivity contribution is 5.50. The normalized spacial score (nSPS) is 11.7. The van der Waals surface area contributed by atoms with Crippen molar-refractivity contribution in [3.8, 4) is 0 Å². The highest BCUT2D eigenvalue weighted by Gasteiger charge is 2.36. The summed E-state index contributed by atoms with van der Waals surface area (Å²) in [5, 5.41) is 0. The predicted molar refractivity (Wildman–Crippen MR) is 112 cm³/mol. The molecule has 0 heterocycles. The van der Waals surface area contributed by atoms with Crippen LogP contribution < -0.4 is 0 Å². The van der Waals surface area contributed by atoms with Gasteiger partial charge in [0.1, 0.15) is 0 Å². The summed E-state index contributed by atoms with van der Waals surface area (Å²) in [5.74, 6) is 0. The first-order valence-corrected chi connectivity index (χ1v) is 9.70. The average Bonchev–Trinajstić information content (AvgIpc) is 2.74. The minimum Gasteiger partial charge on any atom is -0.304 e. The molecule has 0 aliphatic heterocycles. The Bertz CT molecular complexity index is 664. The van der Waals surface area contributed by atoms with Crippen molar-refractivity contribution >= 4 is 0 Å². The second-order valence-electron chi connectivity index (χ2n) is 6.78. The number of hydrogen-bond acceptors (Lipinski definition) is 1. The van der Waals surface area contributed by atoms with Gasteiger partial charge in [0.05, 0.1) is 0 Å². The first-order valence-electron chi connectivity index (χ1n) is 9.70. The van der Waals surface area contributed by atoms with Crippen molar-refractivity contribution in [3.05, 3.63) is 108 Å². The Morgan fingerprint density at radius 1 is 0.577 bits per heavy atom. The molecule has 134 valence electrons. The summed E-state index contributed by atoms with van der Waals surface area (Å²) in [6.07, 6.45) is 1.06. The highest BCUT2D eigenvalue weighted by Crippen LogP contribution is 2.42. The van der Waals surface area contributed by atoms with Crippen molar-refractivity contribution in [2.45, 2.75) is 25.7 Å². The zero-order valence-electron chi connectivity index (χ0n) is 15.9. The maximum absolute atomic E-state index is 2.52. The van der Waals surface area contributed by atoms with Crippen molar-refractivity contribution in [3.63, 3.8) is 0 Å². The van der Waals surface area contributed by atoms with E-state index in [2.05, 4.69) is 110 Å². The molecule has 0 aliphatic carbocycles. The SMILES string of the molecule is CCN(CC)CCC(c1ccccc1)(c1ccccc1)c1ccccc1. The Kier molecular flexibility index (Phi) is 6.25. The summed E-state index contributed by atoms with van der Waals surface area (Å²) in [4.78, 5) is 2.52. The zero-order chi connectivity index (χ0) is 18.2. The summed E-state index contributed by atoms with van der Waals surface area (Å²) in [6, 6.07) is 33.0. The predicted octanol–water partition coefficient (Wildman–Crippen LogP) is 5.75. The molecule has 26 heavy (non-hydrogen) atoms. The number of rotatable bonds is 8. The Morgan fingerprint density at radius 3 is 1.23 bits per heavy atom.